The van der Waals surface area contributed by atoms with Crippen LogP contribution in [0.15, 0.2) is 18.5 Å². The van der Waals surface area contributed by atoms with Crippen LogP contribution in [-0.2, 0) is 6.54 Å². The first-order valence-corrected chi connectivity index (χ1v) is 8.54. The lowest BCUT2D eigenvalue weighted by Gasteiger charge is -2.37. The summed E-state index contributed by atoms with van der Waals surface area (Å²) in [5, 5.41) is 4.93. The first-order valence-electron chi connectivity index (χ1n) is 7.60. The van der Waals surface area contributed by atoms with Gasteiger partial charge in [-0.3, -0.25) is 4.98 Å². The fourth-order valence-electron chi connectivity index (χ4n) is 2.73. The third kappa shape index (κ3) is 4.38. The minimum atomic E-state index is 0.682. The molecule has 2 rings (SSSR count). The highest BCUT2D eigenvalue weighted by atomic mass is 32.2. The normalized spacial score (nSPS) is 23.4. The van der Waals surface area contributed by atoms with Gasteiger partial charge in [0, 0.05) is 53.8 Å². The van der Waals surface area contributed by atoms with Gasteiger partial charge in [-0.15, -0.1) is 0 Å². The Balaban J connectivity index is 2.06. The van der Waals surface area contributed by atoms with Gasteiger partial charge in [0.25, 0.3) is 0 Å². The first-order chi connectivity index (χ1) is 9.56. The summed E-state index contributed by atoms with van der Waals surface area (Å²) in [7, 11) is 0. The molecule has 1 saturated heterocycles. The van der Waals surface area contributed by atoms with Gasteiger partial charge in [-0.05, 0) is 18.5 Å². The maximum atomic E-state index is 4.30. The zero-order valence-corrected chi connectivity index (χ0v) is 13.9. The minimum Gasteiger partial charge on any atom is -0.369 e. The highest BCUT2D eigenvalue weighted by Crippen LogP contribution is 2.30. The molecule has 2 unspecified atom stereocenters. The topological polar surface area (TPSA) is 28.2 Å². The predicted molar refractivity (Wildman–Crippen MR) is 89.5 cm³/mol. The van der Waals surface area contributed by atoms with Crippen molar-refractivity contribution in [3.8, 4) is 0 Å². The van der Waals surface area contributed by atoms with Crippen LogP contribution < -0.4 is 10.2 Å². The smallest absolute Gasteiger partial charge is 0.0443 e. The molecule has 0 saturated carbocycles. The van der Waals surface area contributed by atoms with Gasteiger partial charge in [0.1, 0.15) is 0 Å². The molecule has 1 aromatic heterocycles. The van der Waals surface area contributed by atoms with Crippen molar-refractivity contribution in [2.24, 2.45) is 5.92 Å². The Morgan fingerprint density at radius 3 is 2.70 bits per heavy atom. The molecule has 20 heavy (non-hydrogen) atoms. The molecule has 1 aliphatic rings. The Hall–Kier alpha value is -0.740. The molecule has 0 aliphatic carbocycles. The average Bonchev–Trinajstić information content (AvgIpc) is 2.37. The quantitative estimate of drug-likeness (QED) is 0.902. The number of aromatic nitrogens is 1. The molecular weight excluding hydrogens is 266 g/mol. The monoisotopic (exact) mass is 293 g/mol. The maximum Gasteiger partial charge on any atom is 0.0443 e. The van der Waals surface area contributed by atoms with Crippen LogP contribution in [0.25, 0.3) is 0 Å². The van der Waals surface area contributed by atoms with Gasteiger partial charge in [-0.2, -0.15) is 11.8 Å². The van der Waals surface area contributed by atoms with Crippen molar-refractivity contribution in [3.63, 3.8) is 0 Å². The van der Waals surface area contributed by atoms with E-state index in [1.165, 1.54) is 11.3 Å². The van der Waals surface area contributed by atoms with Crippen molar-refractivity contribution >= 4 is 17.4 Å². The van der Waals surface area contributed by atoms with Crippen LogP contribution in [0.2, 0.25) is 0 Å². The summed E-state index contributed by atoms with van der Waals surface area (Å²) in [5.41, 5.74) is 2.68. The van der Waals surface area contributed by atoms with Crippen LogP contribution in [0.4, 0.5) is 5.69 Å². The molecular formula is C16H27N3S. The van der Waals surface area contributed by atoms with E-state index in [0.29, 0.717) is 16.4 Å². The number of nitrogens with zero attached hydrogens (tertiary/aromatic N) is 2. The summed E-state index contributed by atoms with van der Waals surface area (Å²) in [5.74, 6) is 0.682. The second-order valence-electron chi connectivity index (χ2n) is 6.19. The third-order valence-corrected chi connectivity index (χ3v) is 4.73. The minimum absolute atomic E-state index is 0.682. The largest absolute Gasteiger partial charge is 0.369 e. The summed E-state index contributed by atoms with van der Waals surface area (Å²) < 4.78 is 0. The molecule has 112 valence electrons. The van der Waals surface area contributed by atoms with Gasteiger partial charge in [0.05, 0.1) is 0 Å². The van der Waals surface area contributed by atoms with E-state index < -0.39 is 0 Å². The molecule has 1 aromatic rings. The standard InChI is InChI=1S/C16H27N3S/c1-12(2)7-18-9-15-8-17-6-5-16(15)19-10-13(3)20-14(4)11-19/h5-6,8,12-14,18H,7,9-11H2,1-4H3. The molecule has 4 heteroatoms. The fraction of sp³-hybridized carbons (Fsp3) is 0.688. The van der Waals surface area contributed by atoms with Crippen molar-refractivity contribution in [2.45, 2.75) is 44.7 Å². The highest BCUT2D eigenvalue weighted by molar-refractivity contribution is 8.00. The number of pyridine rings is 1. The Bertz CT molecular complexity index is 412. The zero-order chi connectivity index (χ0) is 14.5. The Morgan fingerprint density at radius 2 is 2.05 bits per heavy atom. The maximum absolute atomic E-state index is 4.30. The van der Waals surface area contributed by atoms with Crippen molar-refractivity contribution in [2.75, 3.05) is 24.5 Å². The zero-order valence-electron chi connectivity index (χ0n) is 13.1. The predicted octanol–water partition coefficient (Wildman–Crippen LogP) is 3.16. The number of nitrogens with one attached hydrogen (secondary N) is 1. The molecule has 1 fully saturated rings. The van der Waals surface area contributed by atoms with Crippen LogP contribution in [0, 0.1) is 5.92 Å². The summed E-state index contributed by atoms with van der Waals surface area (Å²) in [6.45, 7) is 13.4. The van der Waals surface area contributed by atoms with Crippen LogP contribution in [-0.4, -0.2) is 35.1 Å². The lowest BCUT2D eigenvalue weighted by molar-refractivity contribution is 0.551. The van der Waals surface area contributed by atoms with Crippen LogP contribution in [0.1, 0.15) is 33.3 Å². The first kappa shape index (κ1) is 15.6. The number of hydrogen-bond acceptors (Lipinski definition) is 4. The van der Waals surface area contributed by atoms with Gasteiger partial charge in [0.2, 0.25) is 0 Å². The summed E-state index contributed by atoms with van der Waals surface area (Å²) in [6.07, 6.45) is 3.93. The summed E-state index contributed by atoms with van der Waals surface area (Å²) in [6, 6.07) is 2.17. The van der Waals surface area contributed by atoms with Crippen LogP contribution >= 0.6 is 11.8 Å². The molecule has 2 heterocycles. The number of thioether (sulfide) groups is 1. The fourth-order valence-corrected chi connectivity index (χ4v) is 4.06. The summed E-state index contributed by atoms with van der Waals surface area (Å²) >= 11 is 2.09. The number of anilines is 1. The van der Waals surface area contributed by atoms with Gasteiger partial charge in [-0.25, -0.2) is 0 Å². The van der Waals surface area contributed by atoms with Crippen LogP contribution in [0.5, 0.6) is 0 Å². The molecule has 0 aromatic carbocycles. The second-order valence-corrected chi connectivity index (χ2v) is 8.07. The molecule has 0 spiro atoms. The van der Waals surface area contributed by atoms with Gasteiger partial charge in [0.15, 0.2) is 0 Å². The van der Waals surface area contributed by atoms with E-state index in [0.717, 1.165) is 26.2 Å². The SMILES string of the molecule is CC(C)CNCc1cnccc1N1CC(C)SC(C)C1. The molecule has 0 bridgehead atoms. The van der Waals surface area contributed by atoms with E-state index in [1.807, 2.05) is 12.4 Å². The van der Waals surface area contributed by atoms with E-state index in [-0.39, 0.29) is 0 Å². The lowest BCUT2D eigenvalue weighted by Crippen LogP contribution is -2.41. The number of rotatable bonds is 5. The lowest BCUT2D eigenvalue weighted by atomic mass is 10.1. The van der Waals surface area contributed by atoms with Crippen molar-refractivity contribution < 1.29 is 0 Å². The Morgan fingerprint density at radius 1 is 1.35 bits per heavy atom. The third-order valence-electron chi connectivity index (χ3n) is 3.51. The molecule has 2 atom stereocenters. The Kier molecular flexibility index (Phi) is 5.73. The van der Waals surface area contributed by atoms with E-state index in [2.05, 4.69) is 60.7 Å². The van der Waals surface area contributed by atoms with E-state index in [1.54, 1.807) is 0 Å². The van der Waals surface area contributed by atoms with Gasteiger partial charge >= 0.3 is 0 Å². The van der Waals surface area contributed by atoms with Gasteiger partial charge < -0.3 is 10.2 Å². The molecule has 3 nitrogen and oxygen atoms in total. The second kappa shape index (κ2) is 7.32. The number of hydrogen-bond donors (Lipinski definition) is 1. The van der Waals surface area contributed by atoms with E-state index >= 15 is 0 Å². The molecule has 1 aliphatic heterocycles. The molecule has 0 radical (unpaired) electrons. The van der Waals surface area contributed by atoms with Crippen molar-refractivity contribution in [1.29, 1.82) is 0 Å². The summed E-state index contributed by atoms with van der Waals surface area (Å²) in [4.78, 5) is 6.83. The molecule has 1 N–H and O–H groups in total. The highest BCUT2D eigenvalue weighted by Gasteiger charge is 2.23. The van der Waals surface area contributed by atoms with Crippen LogP contribution in [0.3, 0.4) is 0 Å². The Labute approximate surface area is 127 Å². The van der Waals surface area contributed by atoms with E-state index in [4.69, 9.17) is 0 Å². The van der Waals surface area contributed by atoms with Crippen molar-refractivity contribution in [1.82, 2.24) is 10.3 Å². The van der Waals surface area contributed by atoms with E-state index in [9.17, 15) is 0 Å². The average molecular weight is 293 g/mol. The molecule has 0 amide bonds. The van der Waals surface area contributed by atoms with Gasteiger partial charge in [-0.1, -0.05) is 27.7 Å². The van der Waals surface area contributed by atoms with Crippen molar-refractivity contribution in [3.05, 3.63) is 24.0 Å².